The van der Waals surface area contributed by atoms with E-state index in [9.17, 15) is 17.2 Å². The van der Waals surface area contributed by atoms with Gasteiger partial charge in [-0.3, -0.25) is 0 Å². The molecular weight excluding hydrogens is 298 g/mol. The lowest BCUT2D eigenvalue weighted by Gasteiger charge is -2.17. The molecule has 112 valence electrons. The highest BCUT2D eigenvalue weighted by Crippen LogP contribution is 2.25. The van der Waals surface area contributed by atoms with Crippen molar-refractivity contribution < 1.29 is 17.2 Å². The van der Waals surface area contributed by atoms with Crippen molar-refractivity contribution in [2.75, 3.05) is 5.32 Å². The van der Waals surface area contributed by atoms with Gasteiger partial charge in [0.2, 0.25) is 10.0 Å². The van der Waals surface area contributed by atoms with Crippen LogP contribution in [0.2, 0.25) is 0 Å². The second-order valence-corrected chi connectivity index (χ2v) is 6.14. The van der Waals surface area contributed by atoms with Crippen LogP contribution in [0.3, 0.4) is 0 Å². The third-order valence-electron chi connectivity index (χ3n) is 3.01. The Morgan fingerprint density at radius 3 is 2.24 bits per heavy atom. The summed E-state index contributed by atoms with van der Waals surface area (Å²) in [6.07, 6.45) is 0. The average Bonchev–Trinajstić information content (AvgIpc) is 2.42. The summed E-state index contributed by atoms with van der Waals surface area (Å²) in [4.78, 5) is -0.0531. The van der Waals surface area contributed by atoms with Gasteiger partial charge in [0.25, 0.3) is 0 Å². The summed E-state index contributed by atoms with van der Waals surface area (Å²) in [6.45, 7) is 1.66. The fourth-order valence-corrected chi connectivity index (χ4v) is 2.47. The minimum absolute atomic E-state index is 0.0531. The quantitative estimate of drug-likeness (QED) is 0.912. The van der Waals surface area contributed by atoms with Crippen LogP contribution >= 0.6 is 0 Å². The van der Waals surface area contributed by atoms with Crippen molar-refractivity contribution in [1.82, 2.24) is 0 Å². The van der Waals surface area contributed by atoms with Crippen molar-refractivity contribution in [1.29, 1.82) is 0 Å². The summed E-state index contributed by atoms with van der Waals surface area (Å²) in [5.74, 6) is -1.44. The average molecular weight is 312 g/mol. The van der Waals surface area contributed by atoms with E-state index in [2.05, 4.69) is 5.32 Å². The van der Waals surface area contributed by atoms with Crippen LogP contribution in [0.15, 0.2) is 47.4 Å². The first-order valence-electron chi connectivity index (χ1n) is 6.12. The minimum atomic E-state index is -3.82. The third-order valence-corrected chi connectivity index (χ3v) is 3.92. The van der Waals surface area contributed by atoms with Crippen molar-refractivity contribution in [3.8, 4) is 0 Å². The second kappa shape index (κ2) is 5.79. The molecule has 0 aliphatic carbocycles. The molecule has 0 saturated carbocycles. The van der Waals surface area contributed by atoms with Gasteiger partial charge in [0.15, 0.2) is 0 Å². The first kappa shape index (κ1) is 15.4. The Balaban J connectivity index is 2.31. The number of rotatable bonds is 4. The van der Waals surface area contributed by atoms with Crippen molar-refractivity contribution in [2.24, 2.45) is 5.14 Å². The largest absolute Gasteiger partial charge is 0.374 e. The minimum Gasteiger partial charge on any atom is -0.374 e. The number of hydrogen-bond donors (Lipinski definition) is 2. The van der Waals surface area contributed by atoms with Crippen LogP contribution in [-0.4, -0.2) is 8.42 Å². The highest BCUT2D eigenvalue weighted by Gasteiger charge is 2.15. The van der Waals surface area contributed by atoms with Gasteiger partial charge < -0.3 is 5.32 Å². The molecule has 2 aromatic rings. The molecule has 0 amide bonds. The van der Waals surface area contributed by atoms with Crippen LogP contribution in [0.1, 0.15) is 18.5 Å². The number of anilines is 1. The van der Waals surface area contributed by atoms with E-state index in [1.54, 1.807) is 13.0 Å². The predicted octanol–water partition coefficient (Wildman–Crippen LogP) is 2.79. The molecule has 0 saturated heterocycles. The lowest BCUT2D eigenvalue weighted by molar-refractivity contribution is 0.584. The molecule has 0 bridgehead atoms. The molecular formula is C14H14F2N2O2S. The molecule has 2 rings (SSSR count). The molecule has 0 fully saturated rings. The van der Waals surface area contributed by atoms with Gasteiger partial charge in [-0.1, -0.05) is 18.2 Å². The zero-order valence-electron chi connectivity index (χ0n) is 11.2. The number of primary sulfonamides is 1. The lowest BCUT2D eigenvalue weighted by atomic mass is 10.1. The zero-order valence-corrected chi connectivity index (χ0v) is 12.0. The first-order valence-corrected chi connectivity index (χ1v) is 7.67. The molecule has 0 aliphatic heterocycles. The highest BCUT2D eigenvalue weighted by molar-refractivity contribution is 7.89. The first-order chi connectivity index (χ1) is 9.79. The van der Waals surface area contributed by atoms with Crippen LogP contribution in [0, 0.1) is 11.6 Å². The van der Waals surface area contributed by atoms with Gasteiger partial charge in [-0.05, 0) is 36.8 Å². The maximum atomic E-state index is 13.6. The Kier molecular flexibility index (Phi) is 4.24. The standard InChI is InChI=1S/C14H14F2N2O2S/c1-9(18-14-12(15)6-3-7-13(14)16)10-4-2-5-11(8-10)21(17,19)20/h2-9,18H,1H3,(H2,17,19,20). The van der Waals surface area contributed by atoms with Crippen molar-refractivity contribution in [2.45, 2.75) is 17.9 Å². The Labute approximate surface area is 121 Å². The number of nitrogens with one attached hydrogen (secondary N) is 1. The SMILES string of the molecule is CC(Nc1c(F)cccc1F)c1cccc(S(N)(=O)=O)c1. The summed E-state index contributed by atoms with van der Waals surface area (Å²) in [5, 5.41) is 7.75. The maximum absolute atomic E-state index is 13.6. The smallest absolute Gasteiger partial charge is 0.238 e. The fourth-order valence-electron chi connectivity index (χ4n) is 1.90. The monoisotopic (exact) mass is 312 g/mol. The van der Waals surface area contributed by atoms with Gasteiger partial charge in [-0.25, -0.2) is 22.3 Å². The molecule has 4 nitrogen and oxygen atoms in total. The number of hydrogen-bond acceptors (Lipinski definition) is 3. The molecule has 0 heterocycles. The summed E-state index contributed by atoms with van der Waals surface area (Å²) in [6, 6.07) is 8.93. The number of sulfonamides is 1. The van der Waals surface area contributed by atoms with E-state index in [1.165, 1.54) is 24.3 Å². The van der Waals surface area contributed by atoms with Crippen molar-refractivity contribution in [3.05, 3.63) is 59.7 Å². The topological polar surface area (TPSA) is 72.2 Å². The highest BCUT2D eigenvalue weighted by atomic mass is 32.2. The molecule has 0 radical (unpaired) electrons. The Bertz CT molecular complexity index is 743. The maximum Gasteiger partial charge on any atom is 0.238 e. The summed E-state index contributed by atoms with van der Waals surface area (Å²) in [7, 11) is -3.82. The molecule has 21 heavy (non-hydrogen) atoms. The number of benzene rings is 2. The van der Waals surface area contributed by atoms with Crippen LogP contribution in [0.5, 0.6) is 0 Å². The zero-order chi connectivity index (χ0) is 15.6. The van der Waals surface area contributed by atoms with Gasteiger partial charge >= 0.3 is 0 Å². The van der Waals surface area contributed by atoms with E-state index in [-0.39, 0.29) is 10.6 Å². The van der Waals surface area contributed by atoms with E-state index in [0.717, 1.165) is 12.1 Å². The molecule has 3 N–H and O–H groups in total. The van der Waals surface area contributed by atoms with Crippen molar-refractivity contribution >= 4 is 15.7 Å². The van der Waals surface area contributed by atoms with E-state index in [0.29, 0.717) is 5.56 Å². The molecule has 1 unspecified atom stereocenters. The summed E-state index contributed by atoms with van der Waals surface area (Å²) >= 11 is 0. The van der Waals surface area contributed by atoms with Gasteiger partial charge in [0.05, 0.1) is 4.90 Å². The van der Waals surface area contributed by atoms with Crippen LogP contribution in [0.4, 0.5) is 14.5 Å². The lowest BCUT2D eigenvalue weighted by Crippen LogP contribution is -2.14. The number of halogens is 2. The number of nitrogens with two attached hydrogens (primary N) is 1. The van der Waals surface area contributed by atoms with Gasteiger partial charge in [-0.2, -0.15) is 0 Å². The van der Waals surface area contributed by atoms with Crippen LogP contribution in [-0.2, 0) is 10.0 Å². The molecule has 7 heteroatoms. The molecule has 0 spiro atoms. The molecule has 0 aliphatic rings. The Hall–Kier alpha value is -1.99. The molecule has 1 atom stereocenters. The summed E-state index contributed by atoms with van der Waals surface area (Å²) in [5.41, 5.74) is 0.287. The fraction of sp³-hybridized carbons (Fsp3) is 0.143. The normalized spacial score (nSPS) is 13.0. The van der Waals surface area contributed by atoms with Gasteiger partial charge in [0.1, 0.15) is 17.3 Å². The second-order valence-electron chi connectivity index (χ2n) is 4.58. The van der Waals surface area contributed by atoms with E-state index in [1.807, 2.05) is 0 Å². The van der Waals surface area contributed by atoms with Crippen LogP contribution < -0.4 is 10.5 Å². The van der Waals surface area contributed by atoms with E-state index in [4.69, 9.17) is 5.14 Å². The molecule has 2 aromatic carbocycles. The summed E-state index contributed by atoms with van der Waals surface area (Å²) < 4.78 is 49.8. The number of para-hydroxylation sites is 1. The molecule has 0 aromatic heterocycles. The van der Waals surface area contributed by atoms with Gasteiger partial charge in [-0.15, -0.1) is 0 Å². The van der Waals surface area contributed by atoms with Crippen LogP contribution in [0.25, 0.3) is 0 Å². The Morgan fingerprint density at radius 2 is 1.67 bits per heavy atom. The Morgan fingerprint density at radius 1 is 1.10 bits per heavy atom. The predicted molar refractivity (Wildman–Crippen MR) is 76.2 cm³/mol. The van der Waals surface area contributed by atoms with E-state index >= 15 is 0 Å². The van der Waals surface area contributed by atoms with Crippen molar-refractivity contribution in [3.63, 3.8) is 0 Å². The third kappa shape index (κ3) is 3.56. The van der Waals surface area contributed by atoms with Gasteiger partial charge in [0, 0.05) is 6.04 Å². The van der Waals surface area contributed by atoms with E-state index < -0.39 is 27.7 Å².